The van der Waals surface area contributed by atoms with E-state index in [4.69, 9.17) is 4.42 Å². The van der Waals surface area contributed by atoms with Gasteiger partial charge in [-0.2, -0.15) is 0 Å². The Bertz CT molecular complexity index is 1780. The number of furan rings is 1. The Morgan fingerprint density at radius 1 is 1.07 bits per heavy atom. The number of amides is 1. The predicted molar refractivity (Wildman–Crippen MR) is 157 cm³/mol. The molecule has 3 heterocycles. The van der Waals surface area contributed by atoms with Crippen LogP contribution >= 0.6 is 23.1 Å². The number of para-hydroxylation sites is 1. The summed E-state index contributed by atoms with van der Waals surface area (Å²) in [6.45, 7) is 0. The summed E-state index contributed by atoms with van der Waals surface area (Å²) >= 11 is 2.40. The van der Waals surface area contributed by atoms with Crippen LogP contribution in [0.15, 0.2) is 99.0 Å². The fourth-order valence-corrected chi connectivity index (χ4v) is 6.50. The van der Waals surface area contributed by atoms with Crippen molar-refractivity contribution < 1.29 is 23.5 Å². The van der Waals surface area contributed by atoms with E-state index in [1.165, 1.54) is 22.7 Å². The van der Waals surface area contributed by atoms with Gasteiger partial charge < -0.3 is 14.4 Å². The Labute approximate surface area is 242 Å². The number of aliphatic hydroxyl groups is 1. The highest BCUT2D eigenvalue weighted by Crippen LogP contribution is 2.44. The van der Waals surface area contributed by atoms with E-state index in [2.05, 4.69) is 10.2 Å². The number of carbonyl (C=O) groups is 2. The van der Waals surface area contributed by atoms with Gasteiger partial charge in [0.2, 0.25) is 10.9 Å². The minimum atomic E-state index is -0.975. The molecule has 5 aromatic rings. The van der Waals surface area contributed by atoms with Gasteiger partial charge >= 0.3 is 0 Å². The molecule has 0 spiro atoms. The molecule has 1 N–H and O–H groups in total. The van der Waals surface area contributed by atoms with E-state index < -0.39 is 23.5 Å². The van der Waals surface area contributed by atoms with Gasteiger partial charge in [0.05, 0.1) is 11.6 Å². The van der Waals surface area contributed by atoms with Crippen molar-refractivity contribution in [1.82, 2.24) is 10.2 Å². The van der Waals surface area contributed by atoms with Gasteiger partial charge in [0, 0.05) is 30.9 Å². The van der Waals surface area contributed by atoms with Crippen LogP contribution in [0.25, 0.3) is 11.0 Å². The molecule has 0 saturated heterocycles. The van der Waals surface area contributed by atoms with Crippen LogP contribution < -0.4 is 9.80 Å². The molecule has 41 heavy (non-hydrogen) atoms. The van der Waals surface area contributed by atoms with Crippen molar-refractivity contribution in [3.63, 3.8) is 0 Å². The Kier molecular flexibility index (Phi) is 7.06. The number of hydrogen-bond donors (Lipinski definition) is 1. The van der Waals surface area contributed by atoms with E-state index in [0.29, 0.717) is 26.8 Å². The smallest absolute Gasteiger partial charge is 0.296 e. The third-order valence-corrected chi connectivity index (χ3v) is 8.84. The number of carbonyl (C=O) groups excluding carboxylic acids is 2. The molecule has 3 aromatic carbocycles. The first-order valence-corrected chi connectivity index (χ1v) is 14.4. The summed E-state index contributed by atoms with van der Waals surface area (Å²) in [4.78, 5) is 30.6. The molecule has 0 bridgehead atoms. The van der Waals surface area contributed by atoms with Crippen LogP contribution in [0.2, 0.25) is 0 Å². The van der Waals surface area contributed by atoms with E-state index in [1.54, 1.807) is 48.5 Å². The van der Waals surface area contributed by atoms with Gasteiger partial charge in [0.25, 0.3) is 5.91 Å². The topological polar surface area (TPSA) is 99.8 Å². The zero-order valence-electron chi connectivity index (χ0n) is 21.9. The number of Topliss-reactive ketones (excluding diaryl/α,β-unsaturated/α-hetero) is 1. The predicted octanol–water partition coefficient (Wildman–Crippen LogP) is 6.56. The number of aromatic nitrogens is 2. The lowest BCUT2D eigenvalue weighted by Crippen LogP contribution is -2.31. The highest BCUT2D eigenvalue weighted by Gasteiger charge is 2.46. The van der Waals surface area contributed by atoms with Crippen LogP contribution in [0.4, 0.5) is 15.2 Å². The number of fused-ring (bicyclic) bond motifs is 1. The van der Waals surface area contributed by atoms with Crippen molar-refractivity contribution in [3.05, 3.63) is 113 Å². The van der Waals surface area contributed by atoms with Gasteiger partial charge in [0.15, 0.2) is 15.9 Å². The molecule has 0 fully saturated rings. The van der Waals surface area contributed by atoms with Crippen LogP contribution in [0.5, 0.6) is 0 Å². The molecule has 1 atom stereocenters. The molecule has 0 aliphatic carbocycles. The summed E-state index contributed by atoms with van der Waals surface area (Å²) in [5.41, 5.74) is 2.45. The van der Waals surface area contributed by atoms with Gasteiger partial charge in [-0.25, -0.2) is 4.39 Å². The Hall–Kier alpha value is -4.48. The fourth-order valence-electron chi connectivity index (χ4n) is 4.64. The third-order valence-electron chi connectivity index (χ3n) is 6.74. The molecule has 0 saturated carbocycles. The monoisotopic (exact) mass is 586 g/mol. The maximum absolute atomic E-state index is 14.1. The zero-order valence-corrected chi connectivity index (χ0v) is 23.6. The molecule has 11 heteroatoms. The number of anilines is 2. The fraction of sp³-hybridized carbons (Fsp3) is 0.133. The van der Waals surface area contributed by atoms with Crippen molar-refractivity contribution in [3.8, 4) is 0 Å². The molecule has 8 nitrogen and oxygen atoms in total. The van der Waals surface area contributed by atoms with Crippen molar-refractivity contribution >= 4 is 56.6 Å². The lowest BCUT2D eigenvalue weighted by Gasteiger charge is -2.24. The average molecular weight is 587 g/mol. The molecule has 1 amide bonds. The SMILES string of the molecule is CN(C)c1ccc(C2C(C(=O)c3cc4ccccc4o3)=C(O)C(=O)N2c2nnc(SCc3ccccc3F)s2)cc1. The van der Waals surface area contributed by atoms with Crippen molar-refractivity contribution in [2.24, 2.45) is 0 Å². The number of benzene rings is 3. The molecule has 206 valence electrons. The van der Waals surface area contributed by atoms with Crippen molar-refractivity contribution in [2.45, 2.75) is 16.1 Å². The number of nitrogens with zero attached hydrogens (tertiary/aromatic N) is 4. The molecular formula is C30H23FN4O4S2. The van der Waals surface area contributed by atoms with Crippen LogP contribution in [0, 0.1) is 5.82 Å². The van der Waals surface area contributed by atoms with E-state index in [0.717, 1.165) is 22.4 Å². The second-order valence-corrected chi connectivity index (χ2v) is 11.7. The average Bonchev–Trinajstić information content (AvgIpc) is 3.69. The molecule has 0 radical (unpaired) electrons. The van der Waals surface area contributed by atoms with Crippen molar-refractivity contribution in [2.75, 3.05) is 23.9 Å². The minimum Gasteiger partial charge on any atom is -0.503 e. The first-order chi connectivity index (χ1) is 19.8. The van der Waals surface area contributed by atoms with Crippen LogP contribution in [-0.2, 0) is 10.5 Å². The minimum absolute atomic E-state index is 0.00991. The summed E-state index contributed by atoms with van der Waals surface area (Å²) in [5, 5.41) is 20.4. The maximum Gasteiger partial charge on any atom is 0.296 e. The zero-order chi connectivity index (χ0) is 28.7. The van der Waals surface area contributed by atoms with Crippen LogP contribution in [-0.4, -0.2) is 41.1 Å². The van der Waals surface area contributed by atoms with Gasteiger partial charge in [-0.1, -0.05) is 71.6 Å². The number of aliphatic hydroxyl groups excluding tert-OH is 1. The second-order valence-electron chi connectivity index (χ2n) is 9.53. The molecule has 1 aliphatic rings. The summed E-state index contributed by atoms with van der Waals surface area (Å²) in [6.07, 6.45) is 0. The summed E-state index contributed by atoms with van der Waals surface area (Å²) < 4.78 is 20.4. The second kappa shape index (κ2) is 10.8. The number of hydrogen-bond acceptors (Lipinski definition) is 9. The van der Waals surface area contributed by atoms with E-state index >= 15 is 0 Å². The molecule has 2 aromatic heterocycles. The lowest BCUT2D eigenvalue weighted by molar-refractivity contribution is -0.117. The summed E-state index contributed by atoms with van der Waals surface area (Å²) in [7, 11) is 3.81. The van der Waals surface area contributed by atoms with Gasteiger partial charge in [-0.05, 0) is 41.5 Å². The van der Waals surface area contributed by atoms with Crippen LogP contribution in [0.1, 0.15) is 27.7 Å². The summed E-state index contributed by atoms with van der Waals surface area (Å²) in [5.74, 6) is -2.03. The lowest BCUT2D eigenvalue weighted by atomic mass is 9.95. The van der Waals surface area contributed by atoms with E-state index in [1.807, 2.05) is 43.3 Å². The number of halogens is 1. The third kappa shape index (κ3) is 4.98. The highest BCUT2D eigenvalue weighted by molar-refractivity contribution is 8.00. The standard InChI is InChI=1S/C30H23FN4O4S2/c1-34(2)20-13-11-17(12-14-20)25-24(26(36)23-15-18-7-4-6-10-22(18)39-23)27(37)28(38)35(25)29-32-33-30(41-29)40-16-19-8-3-5-9-21(19)31/h3-15,25,37H,16H2,1-2H3. The van der Waals surface area contributed by atoms with Gasteiger partial charge in [-0.3, -0.25) is 14.5 Å². The number of thioether (sulfide) groups is 1. The molecule has 1 aliphatic heterocycles. The Morgan fingerprint density at radius 3 is 2.54 bits per heavy atom. The quantitative estimate of drug-likeness (QED) is 0.124. The van der Waals surface area contributed by atoms with Crippen molar-refractivity contribution in [1.29, 1.82) is 0 Å². The van der Waals surface area contributed by atoms with E-state index in [9.17, 15) is 19.1 Å². The normalized spacial score (nSPS) is 15.2. The molecule has 6 rings (SSSR count). The Balaban J connectivity index is 1.37. The first kappa shape index (κ1) is 26.7. The summed E-state index contributed by atoms with van der Waals surface area (Å²) in [6, 6.07) is 21.6. The van der Waals surface area contributed by atoms with Gasteiger partial charge in [0.1, 0.15) is 11.4 Å². The molecule has 1 unspecified atom stereocenters. The first-order valence-electron chi connectivity index (χ1n) is 12.6. The van der Waals surface area contributed by atoms with Gasteiger partial charge in [-0.15, -0.1) is 10.2 Å². The largest absolute Gasteiger partial charge is 0.503 e. The molecular weight excluding hydrogens is 563 g/mol. The highest BCUT2D eigenvalue weighted by atomic mass is 32.2. The van der Waals surface area contributed by atoms with Crippen LogP contribution in [0.3, 0.4) is 0 Å². The number of ketones is 1. The Morgan fingerprint density at radius 2 is 1.80 bits per heavy atom. The maximum atomic E-state index is 14.1. The number of rotatable bonds is 8. The van der Waals surface area contributed by atoms with E-state index in [-0.39, 0.29) is 22.3 Å².